The van der Waals surface area contributed by atoms with Crippen LogP contribution < -0.4 is 0 Å². The Morgan fingerprint density at radius 2 is 1.88 bits per heavy atom. The lowest BCUT2D eigenvalue weighted by molar-refractivity contribution is 0.494. The number of rotatable bonds is 4. The van der Waals surface area contributed by atoms with Crippen LogP contribution in [-0.2, 0) is 10.1 Å². The van der Waals surface area contributed by atoms with Crippen molar-refractivity contribution in [1.82, 2.24) is 0 Å². The molecule has 0 heterocycles. The molecule has 96 valence electrons. The van der Waals surface area contributed by atoms with Crippen molar-refractivity contribution in [3.8, 4) is 0 Å². The van der Waals surface area contributed by atoms with Crippen LogP contribution in [0.15, 0.2) is 35.7 Å². The molecule has 0 amide bonds. The molecule has 17 heavy (non-hydrogen) atoms. The maximum absolute atomic E-state index is 10.3. The van der Waals surface area contributed by atoms with E-state index in [1.54, 1.807) is 24.3 Å². The average molecular weight is 274 g/mol. The van der Waals surface area contributed by atoms with Gasteiger partial charge in [0.25, 0.3) is 10.1 Å². The summed E-state index contributed by atoms with van der Waals surface area (Å²) >= 11 is 0. The molecule has 0 aromatic heterocycles. The molecule has 0 saturated heterocycles. The van der Waals surface area contributed by atoms with Crippen molar-refractivity contribution >= 4 is 25.4 Å². The molecule has 0 radical (unpaired) electrons. The predicted octanol–water partition coefficient (Wildman–Crippen LogP) is 3.21. The highest BCUT2D eigenvalue weighted by Gasteiger charge is 1.94. The van der Waals surface area contributed by atoms with Gasteiger partial charge in [0.1, 0.15) is 0 Å². The first-order valence-electron chi connectivity index (χ1n) is 5.40. The van der Waals surface area contributed by atoms with Crippen LogP contribution in [0.2, 0.25) is 0 Å². The van der Waals surface area contributed by atoms with Gasteiger partial charge < -0.3 is 0 Å². The Morgan fingerprint density at radius 1 is 1.29 bits per heavy atom. The molecule has 1 rings (SSSR count). The van der Waals surface area contributed by atoms with Crippen LogP contribution in [0.1, 0.15) is 25.3 Å². The van der Waals surface area contributed by atoms with Crippen LogP contribution in [0.25, 0.3) is 6.08 Å². The van der Waals surface area contributed by atoms with E-state index in [-0.39, 0.29) is 0 Å². The van der Waals surface area contributed by atoms with Gasteiger partial charge in [0.05, 0.1) is 5.41 Å². The monoisotopic (exact) mass is 274 g/mol. The van der Waals surface area contributed by atoms with Gasteiger partial charge in [0, 0.05) is 0 Å². The van der Waals surface area contributed by atoms with E-state index >= 15 is 0 Å². The van der Waals surface area contributed by atoms with Crippen molar-refractivity contribution in [2.45, 2.75) is 19.8 Å². The molecular formula is C12H19O3PS. The standard InChI is InChI=1S/C8H8O3S.C4H11P/c9-12(10,11)7-6-8-4-2-1-3-5-8;1-2-3-4-5/h1-7H,(H,9,10,11);2-5H2,1H3. The molecule has 0 spiro atoms. The van der Waals surface area contributed by atoms with E-state index in [0.29, 0.717) is 0 Å². The van der Waals surface area contributed by atoms with Crippen molar-refractivity contribution < 1.29 is 13.0 Å². The minimum Gasteiger partial charge on any atom is -0.282 e. The lowest BCUT2D eigenvalue weighted by Crippen LogP contribution is -1.88. The molecule has 0 bridgehead atoms. The van der Waals surface area contributed by atoms with Crippen LogP contribution in [-0.4, -0.2) is 19.1 Å². The zero-order chi connectivity index (χ0) is 13.1. The lowest BCUT2D eigenvalue weighted by Gasteiger charge is -1.89. The van der Waals surface area contributed by atoms with E-state index in [1.165, 1.54) is 25.1 Å². The van der Waals surface area contributed by atoms with Gasteiger partial charge in [-0.3, -0.25) is 4.55 Å². The molecule has 1 atom stereocenters. The summed E-state index contributed by atoms with van der Waals surface area (Å²) < 4.78 is 28.9. The summed E-state index contributed by atoms with van der Waals surface area (Å²) in [6.45, 7) is 2.20. The Kier molecular flexibility index (Phi) is 8.96. The first-order chi connectivity index (χ1) is 7.99. The van der Waals surface area contributed by atoms with Gasteiger partial charge in [0.2, 0.25) is 0 Å². The molecule has 1 aromatic carbocycles. The summed E-state index contributed by atoms with van der Waals surface area (Å²) in [7, 11) is -1.30. The van der Waals surface area contributed by atoms with Gasteiger partial charge in [-0.25, -0.2) is 0 Å². The van der Waals surface area contributed by atoms with Gasteiger partial charge >= 0.3 is 0 Å². The van der Waals surface area contributed by atoms with E-state index in [4.69, 9.17) is 4.55 Å². The van der Waals surface area contributed by atoms with Gasteiger partial charge in [-0.2, -0.15) is 8.42 Å². The third-order valence-corrected chi connectivity index (χ3v) is 2.68. The zero-order valence-electron chi connectivity index (χ0n) is 9.91. The minimum atomic E-state index is -4.00. The molecule has 0 aliphatic carbocycles. The summed E-state index contributed by atoms with van der Waals surface area (Å²) in [6.07, 6.45) is 5.26. The van der Waals surface area contributed by atoms with Crippen LogP contribution in [0.4, 0.5) is 0 Å². The smallest absolute Gasteiger partial charge is 0.282 e. The molecule has 0 aliphatic rings. The molecule has 3 nitrogen and oxygen atoms in total. The Hall–Kier alpha value is -0.700. The largest absolute Gasteiger partial charge is 0.287 e. The Bertz CT molecular complexity index is 411. The number of unbranched alkanes of at least 4 members (excludes halogenated alkanes) is 1. The molecule has 1 N–H and O–H groups in total. The van der Waals surface area contributed by atoms with E-state index < -0.39 is 10.1 Å². The van der Waals surface area contributed by atoms with Crippen LogP contribution in [0.3, 0.4) is 0 Å². The molecule has 1 aromatic rings. The fourth-order valence-electron chi connectivity index (χ4n) is 0.933. The van der Waals surface area contributed by atoms with Crippen LogP contribution in [0.5, 0.6) is 0 Å². The van der Waals surface area contributed by atoms with Crippen molar-refractivity contribution in [3.05, 3.63) is 41.3 Å². The van der Waals surface area contributed by atoms with E-state index in [9.17, 15) is 8.42 Å². The zero-order valence-corrected chi connectivity index (χ0v) is 11.9. The summed E-state index contributed by atoms with van der Waals surface area (Å²) in [5.41, 5.74) is 0.732. The number of benzene rings is 1. The topological polar surface area (TPSA) is 54.4 Å². The summed E-state index contributed by atoms with van der Waals surface area (Å²) in [5.74, 6) is 0. The second-order valence-electron chi connectivity index (χ2n) is 3.37. The number of hydrogen-bond acceptors (Lipinski definition) is 2. The van der Waals surface area contributed by atoms with Crippen LogP contribution in [0, 0.1) is 0 Å². The molecule has 0 fully saturated rings. The summed E-state index contributed by atoms with van der Waals surface area (Å²) in [6, 6.07) is 8.86. The second kappa shape index (κ2) is 9.34. The van der Waals surface area contributed by atoms with Crippen molar-refractivity contribution in [3.63, 3.8) is 0 Å². The highest BCUT2D eigenvalue weighted by molar-refractivity contribution is 7.88. The minimum absolute atomic E-state index is 0.732. The SMILES string of the molecule is CCCCP.O=S(=O)(O)C=Cc1ccccc1. The fourth-order valence-corrected chi connectivity index (χ4v) is 1.67. The lowest BCUT2D eigenvalue weighted by atomic mass is 10.2. The van der Waals surface area contributed by atoms with Gasteiger partial charge in [0.15, 0.2) is 0 Å². The highest BCUT2D eigenvalue weighted by Crippen LogP contribution is 2.01. The van der Waals surface area contributed by atoms with Crippen molar-refractivity contribution in [2.24, 2.45) is 0 Å². The van der Waals surface area contributed by atoms with Gasteiger partial charge in [-0.1, -0.05) is 50.1 Å². The highest BCUT2D eigenvalue weighted by atomic mass is 32.2. The Labute approximate surface area is 106 Å². The van der Waals surface area contributed by atoms with Crippen molar-refractivity contribution in [1.29, 1.82) is 0 Å². The van der Waals surface area contributed by atoms with Crippen molar-refractivity contribution in [2.75, 3.05) is 6.16 Å². The molecule has 0 saturated carbocycles. The third-order valence-electron chi connectivity index (χ3n) is 1.79. The fraction of sp³-hybridized carbons (Fsp3) is 0.333. The normalized spacial score (nSPS) is 11.0. The molecule has 0 aliphatic heterocycles. The van der Waals surface area contributed by atoms with E-state index in [1.807, 2.05) is 6.07 Å². The predicted molar refractivity (Wildman–Crippen MR) is 76.5 cm³/mol. The summed E-state index contributed by atoms with van der Waals surface area (Å²) in [5, 5.41) is 0.752. The first kappa shape index (κ1) is 16.3. The van der Waals surface area contributed by atoms with Gasteiger partial charge in [-0.05, 0) is 17.8 Å². The quantitative estimate of drug-likeness (QED) is 0.677. The summed E-state index contributed by atoms with van der Waals surface area (Å²) in [4.78, 5) is 0. The Morgan fingerprint density at radius 3 is 2.24 bits per heavy atom. The first-order valence-corrected chi connectivity index (χ1v) is 7.72. The van der Waals surface area contributed by atoms with Crippen LogP contribution >= 0.6 is 9.24 Å². The third kappa shape index (κ3) is 11.6. The molecule has 5 heteroatoms. The molecule has 1 unspecified atom stereocenters. The maximum Gasteiger partial charge on any atom is 0.287 e. The maximum atomic E-state index is 10.3. The van der Waals surface area contributed by atoms with Gasteiger partial charge in [-0.15, -0.1) is 9.24 Å². The van der Waals surface area contributed by atoms with E-state index in [2.05, 4.69) is 16.2 Å². The number of hydrogen-bond donors (Lipinski definition) is 1. The average Bonchev–Trinajstić information content (AvgIpc) is 2.29. The second-order valence-corrected chi connectivity index (χ2v) is 5.25. The van der Waals surface area contributed by atoms with E-state index in [0.717, 1.165) is 11.0 Å². The Balaban J connectivity index is 0.000000437. The molecular weight excluding hydrogens is 255 g/mol.